The number of carbonyl (C=O) groups excluding carboxylic acids is 2. The minimum absolute atomic E-state index is 0.180. The fourth-order valence-electron chi connectivity index (χ4n) is 1.95. The minimum Gasteiger partial charge on any atom is -0.497 e. The normalized spacial score (nSPS) is 10.3. The van der Waals surface area contributed by atoms with Crippen molar-refractivity contribution in [1.29, 1.82) is 0 Å². The average Bonchev–Trinajstić information content (AvgIpc) is 2.66. The van der Waals surface area contributed by atoms with Gasteiger partial charge < -0.3 is 14.8 Å². The molecule has 0 unspecified atom stereocenters. The molecule has 0 fully saturated rings. The van der Waals surface area contributed by atoms with Gasteiger partial charge in [-0.3, -0.25) is 9.59 Å². The molecule has 0 aromatic heterocycles. The van der Waals surface area contributed by atoms with Gasteiger partial charge in [-0.15, -0.1) is 0 Å². The Morgan fingerprint density at radius 3 is 2.44 bits per heavy atom. The first kappa shape index (κ1) is 18.0. The lowest BCUT2D eigenvalue weighted by molar-refractivity contribution is -0.120. The van der Waals surface area contributed by atoms with Crippen molar-refractivity contribution in [2.75, 3.05) is 20.8 Å². The Bertz CT molecular complexity index is 757. The molecule has 0 bridgehead atoms. The number of methoxy groups -OCH3 is 2. The van der Waals surface area contributed by atoms with Crippen molar-refractivity contribution in [3.05, 3.63) is 59.7 Å². The van der Waals surface area contributed by atoms with Crippen LogP contribution in [-0.2, 0) is 4.79 Å². The van der Waals surface area contributed by atoms with Crippen molar-refractivity contribution < 1.29 is 19.1 Å². The van der Waals surface area contributed by atoms with Crippen molar-refractivity contribution in [2.45, 2.75) is 0 Å². The van der Waals surface area contributed by atoms with E-state index in [9.17, 15) is 9.59 Å². The van der Waals surface area contributed by atoms with Crippen LogP contribution in [0.5, 0.6) is 11.5 Å². The van der Waals surface area contributed by atoms with Crippen molar-refractivity contribution >= 4 is 18.0 Å². The van der Waals surface area contributed by atoms with Gasteiger partial charge in [0, 0.05) is 5.56 Å². The molecule has 7 heteroatoms. The Hall–Kier alpha value is -3.35. The molecule has 2 N–H and O–H groups in total. The molecule has 7 nitrogen and oxygen atoms in total. The van der Waals surface area contributed by atoms with Crippen LogP contribution < -0.4 is 20.2 Å². The van der Waals surface area contributed by atoms with E-state index in [1.807, 2.05) is 18.2 Å². The zero-order chi connectivity index (χ0) is 18.1. The van der Waals surface area contributed by atoms with Crippen molar-refractivity contribution in [3.63, 3.8) is 0 Å². The topological polar surface area (TPSA) is 89.0 Å². The first-order chi connectivity index (χ1) is 12.1. The van der Waals surface area contributed by atoms with Crippen LogP contribution in [0, 0.1) is 0 Å². The largest absolute Gasteiger partial charge is 0.497 e. The van der Waals surface area contributed by atoms with Crippen molar-refractivity contribution in [1.82, 2.24) is 10.7 Å². The summed E-state index contributed by atoms with van der Waals surface area (Å²) in [7, 11) is 3.12. The van der Waals surface area contributed by atoms with Gasteiger partial charge >= 0.3 is 0 Å². The summed E-state index contributed by atoms with van der Waals surface area (Å²) >= 11 is 0. The van der Waals surface area contributed by atoms with Crippen molar-refractivity contribution in [2.24, 2.45) is 5.10 Å². The highest BCUT2D eigenvalue weighted by Gasteiger charge is 2.07. The zero-order valence-corrected chi connectivity index (χ0v) is 14.0. The van der Waals surface area contributed by atoms with Crippen LogP contribution in [0.1, 0.15) is 15.9 Å². The molecular formula is C18H19N3O4. The van der Waals surface area contributed by atoms with Crippen LogP contribution >= 0.6 is 0 Å². The van der Waals surface area contributed by atoms with Gasteiger partial charge in [-0.25, -0.2) is 5.43 Å². The summed E-state index contributed by atoms with van der Waals surface area (Å²) < 4.78 is 10.1. The van der Waals surface area contributed by atoms with Crippen LogP contribution in [0.25, 0.3) is 0 Å². The Morgan fingerprint density at radius 1 is 1.04 bits per heavy atom. The van der Waals surface area contributed by atoms with E-state index in [1.54, 1.807) is 44.6 Å². The summed E-state index contributed by atoms with van der Waals surface area (Å²) in [6, 6.07) is 13.8. The Morgan fingerprint density at radius 2 is 1.76 bits per heavy atom. The maximum atomic E-state index is 11.9. The summed E-state index contributed by atoms with van der Waals surface area (Å²) in [5.41, 5.74) is 3.57. The maximum absolute atomic E-state index is 11.9. The molecule has 0 saturated heterocycles. The smallest absolute Gasteiger partial charge is 0.259 e. The molecule has 0 saturated carbocycles. The summed E-state index contributed by atoms with van der Waals surface area (Å²) in [4.78, 5) is 23.6. The van der Waals surface area contributed by atoms with Gasteiger partial charge in [-0.1, -0.05) is 12.1 Å². The van der Waals surface area contributed by atoms with Crippen LogP contribution in [0.4, 0.5) is 0 Å². The van der Waals surface area contributed by atoms with E-state index in [2.05, 4.69) is 15.8 Å². The SMILES string of the molecule is COc1ccc(C(=O)NCC(=O)NN=Cc2cccc(OC)c2)cc1. The van der Waals surface area contributed by atoms with Gasteiger partial charge in [0.25, 0.3) is 11.8 Å². The lowest BCUT2D eigenvalue weighted by atomic mass is 10.2. The molecule has 2 rings (SSSR count). The Labute approximate surface area is 145 Å². The molecule has 0 aliphatic heterocycles. The number of rotatable bonds is 7. The van der Waals surface area contributed by atoms with Crippen LogP contribution in [0.2, 0.25) is 0 Å². The van der Waals surface area contributed by atoms with Gasteiger partial charge in [0.2, 0.25) is 0 Å². The third kappa shape index (κ3) is 5.65. The van der Waals surface area contributed by atoms with E-state index in [4.69, 9.17) is 9.47 Å². The Kier molecular flexibility index (Phi) is 6.53. The van der Waals surface area contributed by atoms with Gasteiger partial charge in [0.15, 0.2) is 0 Å². The Balaban J connectivity index is 1.79. The van der Waals surface area contributed by atoms with E-state index in [1.165, 1.54) is 6.21 Å². The quantitative estimate of drug-likeness (QED) is 0.591. The molecule has 0 heterocycles. The van der Waals surface area contributed by atoms with E-state index >= 15 is 0 Å². The van der Waals surface area contributed by atoms with E-state index in [-0.39, 0.29) is 12.5 Å². The monoisotopic (exact) mass is 341 g/mol. The first-order valence-electron chi connectivity index (χ1n) is 7.50. The third-order valence-electron chi connectivity index (χ3n) is 3.26. The van der Waals surface area contributed by atoms with Gasteiger partial charge in [-0.2, -0.15) is 5.10 Å². The molecule has 130 valence electrons. The number of nitrogens with zero attached hydrogens (tertiary/aromatic N) is 1. The zero-order valence-electron chi connectivity index (χ0n) is 14.0. The number of nitrogens with one attached hydrogen (secondary N) is 2. The van der Waals surface area contributed by atoms with E-state index in [0.29, 0.717) is 17.1 Å². The first-order valence-corrected chi connectivity index (χ1v) is 7.50. The second kappa shape index (κ2) is 9.07. The molecule has 0 aliphatic rings. The predicted octanol–water partition coefficient (Wildman–Crippen LogP) is 1.58. The van der Waals surface area contributed by atoms with Crippen molar-refractivity contribution in [3.8, 4) is 11.5 Å². The second-order valence-electron chi connectivity index (χ2n) is 4.98. The number of hydrazone groups is 1. The molecule has 0 spiro atoms. The standard InChI is InChI=1S/C18H19N3O4/c1-24-15-8-6-14(7-9-15)18(23)19-12-17(22)21-20-11-13-4-3-5-16(10-13)25-2/h3-11H,12H2,1-2H3,(H,19,23)(H,21,22). The highest BCUT2D eigenvalue weighted by Crippen LogP contribution is 2.11. The molecule has 25 heavy (non-hydrogen) atoms. The molecule has 0 radical (unpaired) electrons. The summed E-state index contributed by atoms with van der Waals surface area (Å²) in [5.74, 6) is 0.568. The van der Waals surface area contributed by atoms with E-state index < -0.39 is 5.91 Å². The van der Waals surface area contributed by atoms with Gasteiger partial charge in [0.1, 0.15) is 11.5 Å². The van der Waals surface area contributed by atoms with Gasteiger partial charge in [-0.05, 0) is 42.0 Å². The summed E-state index contributed by atoms with van der Waals surface area (Å²) in [6.07, 6.45) is 1.49. The van der Waals surface area contributed by atoms with E-state index in [0.717, 1.165) is 5.56 Å². The highest BCUT2D eigenvalue weighted by molar-refractivity contribution is 5.96. The minimum atomic E-state index is -0.430. The molecule has 2 aromatic rings. The van der Waals surface area contributed by atoms with Crippen LogP contribution in [-0.4, -0.2) is 38.8 Å². The average molecular weight is 341 g/mol. The molecule has 2 amide bonds. The molecule has 2 aromatic carbocycles. The fourth-order valence-corrected chi connectivity index (χ4v) is 1.95. The molecule has 0 aliphatic carbocycles. The maximum Gasteiger partial charge on any atom is 0.259 e. The third-order valence-corrected chi connectivity index (χ3v) is 3.26. The number of carbonyl (C=O) groups is 2. The predicted molar refractivity (Wildman–Crippen MR) is 94.1 cm³/mol. The number of amides is 2. The lowest BCUT2D eigenvalue weighted by Crippen LogP contribution is -2.34. The van der Waals surface area contributed by atoms with Gasteiger partial charge in [0.05, 0.1) is 27.0 Å². The molecular weight excluding hydrogens is 322 g/mol. The summed E-state index contributed by atoms with van der Waals surface area (Å²) in [6.45, 7) is -0.180. The highest BCUT2D eigenvalue weighted by atomic mass is 16.5. The number of ether oxygens (including phenoxy) is 2. The number of benzene rings is 2. The lowest BCUT2D eigenvalue weighted by Gasteiger charge is -2.05. The second-order valence-corrected chi connectivity index (χ2v) is 4.98. The summed E-state index contributed by atoms with van der Waals surface area (Å²) in [5, 5.41) is 6.36. The van der Waals surface area contributed by atoms with Crippen LogP contribution in [0.3, 0.4) is 0 Å². The molecule has 0 atom stereocenters. The fraction of sp³-hybridized carbons (Fsp3) is 0.167. The number of hydrogen-bond donors (Lipinski definition) is 2. The number of hydrogen-bond acceptors (Lipinski definition) is 5. The van der Waals surface area contributed by atoms with Crippen LogP contribution in [0.15, 0.2) is 53.6 Å².